The van der Waals surface area contributed by atoms with Crippen molar-refractivity contribution < 1.29 is 9.47 Å². The second-order valence-electron chi connectivity index (χ2n) is 3.80. The minimum absolute atomic E-state index is 0.668. The number of ether oxygens (including phenoxy) is 2. The number of thiocarbonyl (C=S) groups is 1. The Morgan fingerprint density at radius 2 is 1.89 bits per heavy atom. The highest BCUT2D eigenvalue weighted by atomic mass is 32.1. The zero-order chi connectivity index (χ0) is 13.2. The van der Waals surface area contributed by atoms with E-state index >= 15 is 0 Å². The first-order valence-corrected chi connectivity index (χ1v) is 6.30. The van der Waals surface area contributed by atoms with Crippen LogP contribution in [0.5, 0.6) is 5.75 Å². The summed E-state index contributed by atoms with van der Waals surface area (Å²) in [4.78, 5) is 0. The maximum Gasteiger partial charge on any atom is 0.166 e. The van der Waals surface area contributed by atoms with Crippen molar-refractivity contribution in [2.75, 3.05) is 27.4 Å². The highest BCUT2D eigenvalue weighted by Gasteiger charge is 1.97. The Hall–Kier alpha value is -1.33. The highest BCUT2D eigenvalue weighted by molar-refractivity contribution is 7.80. The molecule has 0 unspecified atom stereocenters. The van der Waals surface area contributed by atoms with Gasteiger partial charge in [0, 0.05) is 26.8 Å². The van der Waals surface area contributed by atoms with E-state index < -0.39 is 0 Å². The number of hydrogen-bond donors (Lipinski definition) is 2. The van der Waals surface area contributed by atoms with Gasteiger partial charge in [0.1, 0.15) is 5.75 Å². The zero-order valence-corrected chi connectivity index (χ0v) is 11.7. The van der Waals surface area contributed by atoms with Gasteiger partial charge in [-0.1, -0.05) is 12.1 Å². The predicted molar refractivity (Wildman–Crippen MR) is 76.9 cm³/mol. The Labute approximate surface area is 114 Å². The van der Waals surface area contributed by atoms with Crippen LogP contribution in [-0.2, 0) is 11.3 Å². The average Bonchev–Trinajstić information content (AvgIpc) is 2.42. The monoisotopic (exact) mass is 268 g/mol. The standard InChI is InChI=1S/C13H20N2O2S/c1-16-9-3-8-14-13(18)15-10-11-4-6-12(17-2)7-5-11/h4-7H,3,8-10H2,1-2H3,(H2,14,15,18). The normalized spacial score (nSPS) is 9.89. The van der Waals surface area contributed by atoms with Gasteiger partial charge in [0.25, 0.3) is 0 Å². The van der Waals surface area contributed by atoms with E-state index in [1.807, 2.05) is 24.3 Å². The third kappa shape index (κ3) is 5.84. The summed E-state index contributed by atoms with van der Waals surface area (Å²) in [5.41, 5.74) is 1.16. The zero-order valence-electron chi connectivity index (χ0n) is 10.9. The first kappa shape index (κ1) is 14.7. The molecule has 1 aromatic carbocycles. The van der Waals surface area contributed by atoms with Crippen molar-refractivity contribution in [3.63, 3.8) is 0 Å². The number of hydrogen-bond acceptors (Lipinski definition) is 3. The van der Waals surface area contributed by atoms with Crippen LogP contribution in [0, 0.1) is 0 Å². The van der Waals surface area contributed by atoms with Crippen molar-refractivity contribution in [3.8, 4) is 5.75 Å². The van der Waals surface area contributed by atoms with Crippen molar-refractivity contribution in [1.29, 1.82) is 0 Å². The molecule has 0 atom stereocenters. The molecular weight excluding hydrogens is 248 g/mol. The van der Waals surface area contributed by atoms with E-state index in [1.54, 1.807) is 14.2 Å². The summed E-state index contributed by atoms with van der Waals surface area (Å²) in [5, 5.41) is 6.95. The lowest BCUT2D eigenvalue weighted by molar-refractivity contribution is 0.195. The second kappa shape index (κ2) is 8.72. The predicted octanol–water partition coefficient (Wildman–Crippen LogP) is 1.70. The van der Waals surface area contributed by atoms with Gasteiger partial charge in [-0.3, -0.25) is 0 Å². The molecule has 0 aliphatic heterocycles. The maximum atomic E-state index is 5.16. The molecule has 1 aromatic rings. The van der Waals surface area contributed by atoms with E-state index in [0.717, 1.165) is 30.9 Å². The molecule has 5 heteroatoms. The van der Waals surface area contributed by atoms with Crippen LogP contribution < -0.4 is 15.4 Å². The lowest BCUT2D eigenvalue weighted by Gasteiger charge is -2.10. The number of methoxy groups -OCH3 is 2. The quantitative estimate of drug-likeness (QED) is 0.582. The van der Waals surface area contributed by atoms with E-state index in [-0.39, 0.29) is 0 Å². The minimum atomic E-state index is 0.668. The number of benzene rings is 1. The van der Waals surface area contributed by atoms with Crippen molar-refractivity contribution in [2.24, 2.45) is 0 Å². The van der Waals surface area contributed by atoms with Crippen LogP contribution in [0.4, 0.5) is 0 Å². The van der Waals surface area contributed by atoms with E-state index in [1.165, 1.54) is 0 Å². The lowest BCUT2D eigenvalue weighted by atomic mass is 10.2. The molecule has 100 valence electrons. The molecule has 2 N–H and O–H groups in total. The summed E-state index contributed by atoms with van der Waals surface area (Å²) in [5.74, 6) is 0.860. The van der Waals surface area contributed by atoms with Crippen LogP contribution in [0.2, 0.25) is 0 Å². The summed E-state index contributed by atoms with van der Waals surface area (Å²) < 4.78 is 10.1. The van der Waals surface area contributed by atoms with Gasteiger partial charge in [-0.15, -0.1) is 0 Å². The van der Waals surface area contributed by atoms with Gasteiger partial charge in [0.2, 0.25) is 0 Å². The van der Waals surface area contributed by atoms with E-state index in [9.17, 15) is 0 Å². The molecule has 0 saturated carbocycles. The molecule has 0 bridgehead atoms. The van der Waals surface area contributed by atoms with Crippen LogP contribution in [0.25, 0.3) is 0 Å². The van der Waals surface area contributed by atoms with Crippen LogP contribution in [0.1, 0.15) is 12.0 Å². The van der Waals surface area contributed by atoms with Crippen molar-refractivity contribution in [1.82, 2.24) is 10.6 Å². The molecule has 0 spiro atoms. The summed E-state index contributed by atoms with van der Waals surface area (Å²) in [7, 11) is 3.35. The first-order valence-electron chi connectivity index (χ1n) is 5.90. The molecule has 18 heavy (non-hydrogen) atoms. The van der Waals surface area contributed by atoms with Gasteiger partial charge in [-0.2, -0.15) is 0 Å². The van der Waals surface area contributed by atoms with E-state index in [4.69, 9.17) is 21.7 Å². The summed E-state index contributed by atoms with van der Waals surface area (Å²) in [6.45, 7) is 2.27. The van der Waals surface area contributed by atoms with Crippen molar-refractivity contribution in [2.45, 2.75) is 13.0 Å². The molecule has 0 aliphatic carbocycles. The molecule has 0 aliphatic rings. The molecule has 0 fully saturated rings. The van der Waals surface area contributed by atoms with Crippen molar-refractivity contribution in [3.05, 3.63) is 29.8 Å². The molecular formula is C13H20N2O2S. The fourth-order valence-corrected chi connectivity index (χ4v) is 1.58. The largest absolute Gasteiger partial charge is 0.497 e. The summed E-state index contributed by atoms with van der Waals surface area (Å²) in [6.07, 6.45) is 0.945. The van der Waals surface area contributed by atoms with Gasteiger partial charge >= 0.3 is 0 Å². The van der Waals surface area contributed by atoms with Crippen molar-refractivity contribution >= 4 is 17.3 Å². The molecule has 1 rings (SSSR count). The van der Waals surface area contributed by atoms with Gasteiger partial charge in [-0.25, -0.2) is 0 Å². The Kier molecular flexibility index (Phi) is 7.13. The smallest absolute Gasteiger partial charge is 0.166 e. The molecule has 0 radical (unpaired) electrons. The Bertz CT molecular complexity index is 355. The first-order chi connectivity index (χ1) is 8.76. The van der Waals surface area contributed by atoms with Gasteiger partial charge in [0.15, 0.2) is 5.11 Å². The SMILES string of the molecule is COCCCNC(=S)NCc1ccc(OC)cc1. The van der Waals surface area contributed by atoms with Crippen LogP contribution in [-0.4, -0.2) is 32.5 Å². The maximum absolute atomic E-state index is 5.16. The van der Waals surface area contributed by atoms with Crippen LogP contribution in [0.3, 0.4) is 0 Å². The van der Waals surface area contributed by atoms with E-state index in [2.05, 4.69) is 10.6 Å². The lowest BCUT2D eigenvalue weighted by Crippen LogP contribution is -2.35. The molecule has 0 aromatic heterocycles. The van der Waals surface area contributed by atoms with Crippen LogP contribution >= 0.6 is 12.2 Å². The van der Waals surface area contributed by atoms with E-state index in [0.29, 0.717) is 11.7 Å². The summed E-state index contributed by atoms with van der Waals surface area (Å²) in [6, 6.07) is 7.90. The topological polar surface area (TPSA) is 42.5 Å². The fraction of sp³-hybridized carbons (Fsp3) is 0.462. The van der Waals surface area contributed by atoms with Crippen LogP contribution in [0.15, 0.2) is 24.3 Å². The Morgan fingerprint density at radius 1 is 1.17 bits per heavy atom. The molecule has 0 saturated heterocycles. The number of nitrogens with one attached hydrogen (secondary N) is 2. The molecule has 0 amide bonds. The van der Waals surface area contributed by atoms with Gasteiger partial charge < -0.3 is 20.1 Å². The Morgan fingerprint density at radius 3 is 2.50 bits per heavy atom. The molecule has 0 heterocycles. The average molecular weight is 268 g/mol. The Balaban J connectivity index is 2.20. The third-order valence-electron chi connectivity index (χ3n) is 2.42. The highest BCUT2D eigenvalue weighted by Crippen LogP contribution is 2.10. The molecule has 4 nitrogen and oxygen atoms in total. The van der Waals surface area contributed by atoms with Gasteiger partial charge in [-0.05, 0) is 36.3 Å². The second-order valence-corrected chi connectivity index (χ2v) is 4.21. The minimum Gasteiger partial charge on any atom is -0.497 e. The fourth-order valence-electron chi connectivity index (χ4n) is 1.41. The third-order valence-corrected chi connectivity index (χ3v) is 2.71. The summed E-state index contributed by atoms with van der Waals surface area (Å²) >= 11 is 5.16. The van der Waals surface area contributed by atoms with Gasteiger partial charge in [0.05, 0.1) is 7.11 Å². The number of rotatable bonds is 7.